The summed E-state index contributed by atoms with van der Waals surface area (Å²) in [6.45, 7) is 1.40. The van der Waals surface area contributed by atoms with Gasteiger partial charge < -0.3 is 10.6 Å². The summed E-state index contributed by atoms with van der Waals surface area (Å²) >= 11 is 0. The van der Waals surface area contributed by atoms with Crippen LogP contribution in [0.1, 0.15) is 17.4 Å². The molecular formula is C13H14N4O2. The first-order valence-electron chi connectivity index (χ1n) is 5.77. The Morgan fingerprint density at radius 2 is 1.89 bits per heavy atom. The molecule has 2 rings (SSSR count). The second kappa shape index (κ2) is 5.34. The Bertz CT molecular complexity index is 604. The van der Waals surface area contributed by atoms with E-state index in [1.54, 1.807) is 0 Å². The van der Waals surface area contributed by atoms with E-state index >= 15 is 0 Å². The van der Waals surface area contributed by atoms with Crippen molar-refractivity contribution in [3.8, 4) is 5.69 Å². The van der Waals surface area contributed by atoms with Crippen molar-refractivity contribution in [2.75, 3.05) is 12.4 Å². The SMILES string of the molecule is CNC(=O)c1cc(NC(C)=O)n(-c2ccccc2)n1. The Hall–Kier alpha value is -2.63. The van der Waals surface area contributed by atoms with Crippen LogP contribution in [-0.4, -0.2) is 28.6 Å². The normalized spacial score (nSPS) is 10.0. The minimum atomic E-state index is -0.304. The second-order valence-corrected chi connectivity index (χ2v) is 3.92. The number of nitrogens with one attached hydrogen (secondary N) is 2. The molecule has 0 aliphatic carbocycles. The van der Waals surface area contributed by atoms with E-state index < -0.39 is 0 Å². The van der Waals surface area contributed by atoms with Crippen molar-refractivity contribution in [1.82, 2.24) is 15.1 Å². The molecular weight excluding hydrogens is 244 g/mol. The summed E-state index contributed by atoms with van der Waals surface area (Å²) in [6, 6.07) is 10.8. The topological polar surface area (TPSA) is 76.0 Å². The van der Waals surface area contributed by atoms with Crippen molar-refractivity contribution in [2.24, 2.45) is 0 Å². The third-order valence-electron chi connectivity index (χ3n) is 2.47. The highest BCUT2D eigenvalue weighted by atomic mass is 16.2. The van der Waals surface area contributed by atoms with Crippen LogP contribution in [0.4, 0.5) is 5.82 Å². The van der Waals surface area contributed by atoms with Crippen molar-refractivity contribution in [1.29, 1.82) is 0 Å². The third-order valence-corrected chi connectivity index (χ3v) is 2.47. The lowest BCUT2D eigenvalue weighted by atomic mass is 10.3. The molecule has 0 unspecified atom stereocenters. The fraction of sp³-hybridized carbons (Fsp3) is 0.154. The minimum absolute atomic E-state index is 0.222. The first-order chi connectivity index (χ1) is 9.11. The summed E-state index contributed by atoms with van der Waals surface area (Å²) in [7, 11) is 1.53. The largest absolute Gasteiger partial charge is 0.354 e. The fourth-order valence-corrected chi connectivity index (χ4v) is 1.66. The number of aromatic nitrogens is 2. The second-order valence-electron chi connectivity index (χ2n) is 3.92. The van der Waals surface area contributed by atoms with Gasteiger partial charge in [-0.25, -0.2) is 4.68 Å². The van der Waals surface area contributed by atoms with Crippen LogP contribution in [0.15, 0.2) is 36.4 Å². The molecule has 1 heterocycles. The summed E-state index contributed by atoms with van der Waals surface area (Å²) in [5, 5.41) is 9.35. The Kier molecular flexibility index (Phi) is 3.61. The summed E-state index contributed by atoms with van der Waals surface area (Å²) < 4.78 is 1.52. The Balaban J connectivity index is 2.48. The average molecular weight is 258 g/mol. The molecule has 0 aliphatic heterocycles. The fourth-order valence-electron chi connectivity index (χ4n) is 1.66. The molecule has 0 atom stereocenters. The average Bonchev–Trinajstić information content (AvgIpc) is 2.82. The van der Waals surface area contributed by atoms with Crippen LogP contribution in [0.25, 0.3) is 5.69 Å². The van der Waals surface area contributed by atoms with E-state index in [1.165, 1.54) is 24.7 Å². The van der Waals surface area contributed by atoms with Gasteiger partial charge in [0.25, 0.3) is 5.91 Å². The third kappa shape index (κ3) is 2.79. The maximum absolute atomic E-state index is 11.6. The summed E-state index contributed by atoms with van der Waals surface area (Å²) in [6.07, 6.45) is 0. The predicted molar refractivity (Wildman–Crippen MR) is 71.3 cm³/mol. The van der Waals surface area contributed by atoms with E-state index in [1.807, 2.05) is 30.3 Å². The number of rotatable bonds is 3. The van der Waals surface area contributed by atoms with Crippen LogP contribution in [0.2, 0.25) is 0 Å². The van der Waals surface area contributed by atoms with Gasteiger partial charge in [0.15, 0.2) is 5.69 Å². The Labute approximate surface area is 110 Å². The van der Waals surface area contributed by atoms with E-state index in [9.17, 15) is 9.59 Å². The highest BCUT2D eigenvalue weighted by Gasteiger charge is 2.14. The van der Waals surface area contributed by atoms with E-state index in [0.717, 1.165) is 5.69 Å². The molecule has 1 aromatic carbocycles. The summed E-state index contributed by atoms with van der Waals surface area (Å²) in [5.74, 6) is -0.0703. The van der Waals surface area contributed by atoms with Crippen LogP contribution >= 0.6 is 0 Å². The summed E-state index contributed by atoms with van der Waals surface area (Å²) in [4.78, 5) is 22.8. The Morgan fingerprint density at radius 3 is 2.47 bits per heavy atom. The lowest BCUT2D eigenvalue weighted by Gasteiger charge is -2.06. The number of carbonyl (C=O) groups excluding carboxylic acids is 2. The monoisotopic (exact) mass is 258 g/mol. The number of hydrogen-bond acceptors (Lipinski definition) is 3. The van der Waals surface area contributed by atoms with Crippen LogP contribution < -0.4 is 10.6 Å². The van der Waals surface area contributed by atoms with Gasteiger partial charge in [0, 0.05) is 20.0 Å². The number of carbonyl (C=O) groups is 2. The zero-order chi connectivity index (χ0) is 13.8. The number of nitrogens with zero attached hydrogens (tertiary/aromatic N) is 2. The van der Waals surface area contributed by atoms with E-state index in [-0.39, 0.29) is 17.5 Å². The first kappa shape index (κ1) is 12.8. The molecule has 0 fully saturated rings. The Morgan fingerprint density at radius 1 is 1.21 bits per heavy atom. The van der Waals surface area contributed by atoms with Gasteiger partial charge in [0.1, 0.15) is 5.82 Å². The number of anilines is 1. The molecule has 19 heavy (non-hydrogen) atoms. The van der Waals surface area contributed by atoms with Crippen LogP contribution in [0.3, 0.4) is 0 Å². The van der Waals surface area contributed by atoms with Gasteiger partial charge >= 0.3 is 0 Å². The van der Waals surface area contributed by atoms with E-state index in [0.29, 0.717) is 5.82 Å². The van der Waals surface area contributed by atoms with Gasteiger partial charge in [0.05, 0.1) is 5.69 Å². The smallest absolute Gasteiger partial charge is 0.271 e. The lowest BCUT2D eigenvalue weighted by molar-refractivity contribution is -0.114. The van der Waals surface area contributed by atoms with Crippen molar-refractivity contribution in [3.63, 3.8) is 0 Å². The highest BCUT2D eigenvalue weighted by molar-refractivity contribution is 5.95. The molecule has 6 nitrogen and oxygen atoms in total. The van der Waals surface area contributed by atoms with Gasteiger partial charge in [-0.3, -0.25) is 9.59 Å². The molecule has 0 bridgehead atoms. The van der Waals surface area contributed by atoms with E-state index in [2.05, 4.69) is 15.7 Å². The van der Waals surface area contributed by atoms with Crippen molar-refractivity contribution < 1.29 is 9.59 Å². The van der Waals surface area contributed by atoms with Crippen molar-refractivity contribution >= 4 is 17.6 Å². The lowest BCUT2D eigenvalue weighted by Crippen LogP contribution is -2.18. The van der Waals surface area contributed by atoms with Crippen LogP contribution in [-0.2, 0) is 4.79 Å². The van der Waals surface area contributed by atoms with Gasteiger partial charge in [0.2, 0.25) is 5.91 Å². The van der Waals surface area contributed by atoms with Crippen molar-refractivity contribution in [3.05, 3.63) is 42.1 Å². The van der Waals surface area contributed by atoms with Gasteiger partial charge in [-0.15, -0.1) is 0 Å². The highest BCUT2D eigenvalue weighted by Crippen LogP contribution is 2.17. The molecule has 0 saturated carbocycles. The number of amides is 2. The van der Waals surface area contributed by atoms with Gasteiger partial charge in [-0.2, -0.15) is 5.10 Å². The maximum Gasteiger partial charge on any atom is 0.271 e. The molecule has 2 amide bonds. The van der Waals surface area contributed by atoms with Gasteiger partial charge in [-0.05, 0) is 12.1 Å². The predicted octanol–water partition coefficient (Wildman–Crippen LogP) is 1.19. The number of hydrogen-bond donors (Lipinski definition) is 2. The molecule has 0 aliphatic rings. The van der Waals surface area contributed by atoms with Crippen molar-refractivity contribution in [2.45, 2.75) is 6.92 Å². The first-order valence-corrected chi connectivity index (χ1v) is 5.77. The molecule has 98 valence electrons. The van der Waals surface area contributed by atoms with Crippen LogP contribution in [0.5, 0.6) is 0 Å². The zero-order valence-corrected chi connectivity index (χ0v) is 10.7. The zero-order valence-electron chi connectivity index (χ0n) is 10.7. The molecule has 2 N–H and O–H groups in total. The quantitative estimate of drug-likeness (QED) is 0.868. The summed E-state index contributed by atoms with van der Waals surface area (Å²) in [5.41, 5.74) is 1.01. The molecule has 0 saturated heterocycles. The molecule has 0 spiro atoms. The standard InChI is InChI=1S/C13H14N4O2/c1-9(18)15-12-8-11(13(19)14-2)16-17(12)10-6-4-3-5-7-10/h3-8H,1-2H3,(H,14,19)(H,15,18). The minimum Gasteiger partial charge on any atom is -0.354 e. The molecule has 2 aromatic rings. The maximum atomic E-state index is 11.6. The van der Waals surface area contributed by atoms with Gasteiger partial charge in [-0.1, -0.05) is 18.2 Å². The van der Waals surface area contributed by atoms with Crippen LogP contribution in [0, 0.1) is 0 Å². The molecule has 6 heteroatoms. The molecule has 0 radical (unpaired) electrons. The molecule has 1 aromatic heterocycles. The number of benzene rings is 1. The number of para-hydroxylation sites is 1. The van der Waals surface area contributed by atoms with E-state index in [4.69, 9.17) is 0 Å².